The van der Waals surface area contributed by atoms with Gasteiger partial charge in [-0.15, -0.1) is 0 Å². The lowest BCUT2D eigenvalue weighted by Gasteiger charge is -2.13. The maximum atomic E-state index is 13.1. The SMILES string of the molecule is CC(N)CCNc1cc(C(=O)Nc2ccccc2C(=O)C(C)C)nc(-c2ccccc2)n1. The number of nitrogens with zero attached hydrogens (tertiary/aromatic N) is 2. The van der Waals surface area contributed by atoms with E-state index < -0.39 is 5.91 Å². The van der Waals surface area contributed by atoms with E-state index in [1.807, 2.05) is 51.1 Å². The fourth-order valence-electron chi connectivity index (χ4n) is 3.10. The van der Waals surface area contributed by atoms with Gasteiger partial charge in [0.1, 0.15) is 11.5 Å². The zero-order valence-electron chi connectivity index (χ0n) is 18.6. The molecule has 0 aliphatic carbocycles. The Morgan fingerprint density at radius 3 is 2.34 bits per heavy atom. The third-order valence-corrected chi connectivity index (χ3v) is 4.86. The summed E-state index contributed by atoms with van der Waals surface area (Å²) in [5.74, 6) is 0.345. The minimum absolute atomic E-state index is 0.0353. The minimum atomic E-state index is -0.413. The highest BCUT2D eigenvalue weighted by Gasteiger charge is 2.18. The van der Waals surface area contributed by atoms with Gasteiger partial charge in [0.25, 0.3) is 5.91 Å². The van der Waals surface area contributed by atoms with Crippen LogP contribution in [0.4, 0.5) is 11.5 Å². The van der Waals surface area contributed by atoms with Crippen LogP contribution in [-0.2, 0) is 0 Å². The zero-order chi connectivity index (χ0) is 23.1. The summed E-state index contributed by atoms with van der Waals surface area (Å²) in [6, 6.07) is 18.1. The Kier molecular flexibility index (Phi) is 7.68. The molecule has 1 atom stereocenters. The zero-order valence-corrected chi connectivity index (χ0v) is 18.6. The Labute approximate surface area is 188 Å². The van der Waals surface area contributed by atoms with Crippen molar-refractivity contribution in [2.75, 3.05) is 17.2 Å². The summed E-state index contributed by atoms with van der Waals surface area (Å²) in [7, 11) is 0. The van der Waals surface area contributed by atoms with Crippen molar-refractivity contribution in [3.63, 3.8) is 0 Å². The number of carbonyl (C=O) groups is 2. The molecule has 3 rings (SSSR count). The summed E-state index contributed by atoms with van der Waals surface area (Å²) in [6.07, 6.45) is 0.761. The van der Waals surface area contributed by atoms with E-state index >= 15 is 0 Å². The lowest BCUT2D eigenvalue weighted by atomic mass is 9.99. The van der Waals surface area contributed by atoms with Gasteiger partial charge in [-0.05, 0) is 25.5 Å². The maximum absolute atomic E-state index is 13.1. The summed E-state index contributed by atoms with van der Waals surface area (Å²) in [5.41, 5.74) is 7.77. The van der Waals surface area contributed by atoms with Gasteiger partial charge >= 0.3 is 0 Å². The Balaban J connectivity index is 1.92. The van der Waals surface area contributed by atoms with Crippen LogP contribution < -0.4 is 16.4 Å². The molecule has 0 fully saturated rings. The van der Waals surface area contributed by atoms with Crippen molar-refractivity contribution in [3.8, 4) is 11.4 Å². The first kappa shape index (κ1) is 23.1. The summed E-state index contributed by atoms with van der Waals surface area (Å²) in [5, 5.41) is 6.07. The topological polar surface area (TPSA) is 110 Å². The van der Waals surface area contributed by atoms with Crippen LogP contribution in [0, 0.1) is 5.92 Å². The Morgan fingerprint density at radius 1 is 0.969 bits per heavy atom. The molecular weight excluding hydrogens is 402 g/mol. The number of para-hydroxylation sites is 1. The fourth-order valence-corrected chi connectivity index (χ4v) is 3.10. The summed E-state index contributed by atoms with van der Waals surface area (Å²) in [6.45, 7) is 6.22. The lowest BCUT2D eigenvalue weighted by Crippen LogP contribution is -2.21. The van der Waals surface area contributed by atoms with Crippen LogP contribution in [0.25, 0.3) is 11.4 Å². The van der Waals surface area contributed by atoms with Gasteiger partial charge in [-0.2, -0.15) is 0 Å². The molecule has 32 heavy (non-hydrogen) atoms. The van der Waals surface area contributed by atoms with E-state index in [-0.39, 0.29) is 23.4 Å². The standard InChI is InChI=1S/C25H29N5O2/c1-16(2)23(31)19-11-7-8-12-20(19)29-25(32)21-15-22(27-14-13-17(3)26)30-24(28-21)18-9-5-4-6-10-18/h4-12,15-17H,13-14,26H2,1-3H3,(H,29,32)(H,27,28,30). The molecule has 3 aromatic rings. The maximum Gasteiger partial charge on any atom is 0.274 e. The Bertz CT molecular complexity index is 1080. The number of nitrogens with one attached hydrogen (secondary N) is 2. The van der Waals surface area contributed by atoms with Gasteiger partial charge in [0.2, 0.25) is 0 Å². The highest BCUT2D eigenvalue weighted by molar-refractivity contribution is 6.09. The molecule has 0 bridgehead atoms. The summed E-state index contributed by atoms with van der Waals surface area (Å²) in [4.78, 5) is 34.7. The van der Waals surface area contributed by atoms with E-state index in [4.69, 9.17) is 5.73 Å². The number of aromatic nitrogens is 2. The average molecular weight is 432 g/mol. The number of amides is 1. The van der Waals surface area contributed by atoms with Crippen LogP contribution in [0.15, 0.2) is 60.7 Å². The smallest absolute Gasteiger partial charge is 0.274 e. The molecular formula is C25H29N5O2. The molecule has 1 amide bonds. The van der Waals surface area contributed by atoms with Crippen molar-refractivity contribution >= 4 is 23.2 Å². The molecule has 0 aliphatic rings. The molecule has 0 saturated heterocycles. The van der Waals surface area contributed by atoms with Gasteiger partial charge < -0.3 is 16.4 Å². The fraction of sp³-hybridized carbons (Fsp3) is 0.280. The van der Waals surface area contributed by atoms with Crippen LogP contribution in [0.3, 0.4) is 0 Å². The van der Waals surface area contributed by atoms with Crippen molar-refractivity contribution in [1.29, 1.82) is 0 Å². The molecule has 2 aromatic carbocycles. The monoisotopic (exact) mass is 431 g/mol. The van der Waals surface area contributed by atoms with E-state index in [1.165, 1.54) is 0 Å². The minimum Gasteiger partial charge on any atom is -0.370 e. The summed E-state index contributed by atoms with van der Waals surface area (Å²) < 4.78 is 0. The third-order valence-electron chi connectivity index (χ3n) is 4.86. The first-order valence-electron chi connectivity index (χ1n) is 10.7. The molecule has 1 unspecified atom stereocenters. The molecule has 166 valence electrons. The number of hydrogen-bond donors (Lipinski definition) is 3. The number of rotatable bonds is 9. The van der Waals surface area contributed by atoms with Crippen LogP contribution in [-0.4, -0.2) is 34.2 Å². The van der Waals surface area contributed by atoms with Crippen LogP contribution in [0.5, 0.6) is 0 Å². The molecule has 0 aliphatic heterocycles. The third kappa shape index (κ3) is 5.98. The second-order valence-corrected chi connectivity index (χ2v) is 8.04. The first-order valence-corrected chi connectivity index (χ1v) is 10.7. The van der Waals surface area contributed by atoms with Crippen LogP contribution >= 0.6 is 0 Å². The Hall–Kier alpha value is -3.58. The van der Waals surface area contributed by atoms with E-state index in [0.29, 0.717) is 29.4 Å². The Morgan fingerprint density at radius 2 is 1.66 bits per heavy atom. The van der Waals surface area contributed by atoms with Crippen LogP contribution in [0.2, 0.25) is 0 Å². The molecule has 0 saturated carbocycles. The van der Waals surface area contributed by atoms with Crippen molar-refractivity contribution in [2.45, 2.75) is 33.2 Å². The molecule has 4 N–H and O–H groups in total. The highest BCUT2D eigenvalue weighted by Crippen LogP contribution is 2.22. The predicted molar refractivity (Wildman–Crippen MR) is 128 cm³/mol. The van der Waals surface area contributed by atoms with Crippen molar-refractivity contribution in [3.05, 3.63) is 71.9 Å². The average Bonchev–Trinajstić information content (AvgIpc) is 2.79. The summed E-state index contributed by atoms with van der Waals surface area (Å²) >= 11 is 0. The van der Waals surface area contributed by atoms with E-state index in [0.717, 1.165) is 12.0 Å². The van der Waals surface area contributed by atoms with Crippen molar-refractivity contribution in [2.24, 2.45) is 11.7 Å². The number of ketones is 1. The highest BCUT2D eigenvalue weighted by atomic mass is 16.2. The lowest BCUT2D eigenvalue weighted by molar-refractivity contribution is 0.0940. The first-order chi connectivity index (χ1) is 15.3. The molecule has 7 nitrogen and oxygen atoms in total. The van der Waals surface area contributed by atoms with Gasteiger partial charge in [-0.25, -0.2) is 9.97 Å². The normalized spacial score (nSPS) is 11.8. The van der Waals surface area contributed by atoms with Gasteiger partial charge in [0.15, 0.2) is 11.6 Å². The van der Waals surface area contributed by atoms with Gasteiger partial charge in [-0.3, -0.25) is 9.59 Å². The second-order valence-electron chi connectivity index (χ2n) is 8.04. The number of nitrogens with two attached hydrogens (primary N) is 1. The molecule has 7 heteroatoms. The van der Waals surface area contributed by atoms with E-state index in [2.05, 4.69) is 20.6 Å². The van der Waals surface area contributed by atoms with E-state index in [1.54, 1.807) is 30.3 Å². The number of hydrogen-bond acceptors (Lipinski definition) is 6. The molecule has 1 aromatic heterocycles. The number of benzene rings is 2. The van der Waals surface area contributed by atoms with Crippen molar-refractivity contribution < 1.29 is 9.59 Å². The largest absolute Gasteiger partial charge is 0.370 e. The quantitative estimate of drug-likeness (QED) is 0.434. The van der Waals surface area contributed by atoms with Crippen molar-refractivity contribution in [1.82, 2.24) is 9.97 Å². The van der Waals surface area contributed by atoms with Gasteiger partial charge in [0.05, 0.1) is 5.69 Å². The molecule has 1 heterocycles. The predicted octanol–water partition coefficient (Wildman–Crippen LogP) is 4.38. The van der Waals surface area contributed by atoms with Gasteiger partial charge in [0, 0.05) is 35.7 Å². The molecule has 0 spiro atoms. The van der Waals surface area contributed by atoms with E-state index in [9.17, 15) is 9.59 Å². The number of Topliss-reactive ketones (excluding diaryl/α,β-unsaturated/α-hetero) is 1. The molecule has 0 radical (unpaired) electrons. The second kappa shape index (κ2) is 10.6. The van der Waals surface area contributed by atoms with Crippen LogP contribution in [0.1, 0.15) is 48.0 Å². The number of carbonyl (C=O) groups excluding carboxylic acids is 2. The van der Waals surface area contributed by atoms with Gasteiger partial charge in [-0.1, -0.05) is 56.3 Å². The number of anilines is 2.